The Morgan fingerprint density at radius 2 is 1.79 bits per heavy atom. The molecular formula is C19H18F3N5O. The van der Waals surface area contributed by atoms with Gasteiger partial charge in [-0.1, -0.05) is 18.2 Å². The summed E-state index contributed by atoms with van der Waals surface area (Å²) in [5.41, 5.74) is 0.771. The lowest BCUT2D eigenvalue weighted by molar-refractivity contribution is -0.137. The van der Waals surface area contributed by atoms with Gasteiger partial charge in [-0.3, -0.25) is 0 Å². The molecule has 0 unspecified atom stereocenters. The zero-order valence-corrected chi connectivity index (χ0v) is 15.0. The van der Waals surface area contributed by atoms with Gasteiger partial charge >= 0.3 is 6.18 Å². The Hall–Kier alpha value is -3.36. The van der Waals surface area contributed by atoms with Crippen LogP contribution in [0.1, 0.15) is 11.1 Å². The third kappa shape index (κ3) is 5.09. The van der Waals surface area contributed by atoms with Gasteiger partial charge < -0.3 is 15.4 Å². The van der Waals surface area contributed by atoms with Crippen molar-refractivity contribution in [3.05, 3.63) is 65.9 Å². The third-order valence-corrected chi connectivity index (χ3v) is 3.92. The number of rotatable bonds is 7. The highest BCUT2D eigenvalue weighted by Crippen LogP contribution is 2.30. The van der Waals surface area contributed by atoms with Crippen LogP contribution in [0.3, 0.4) is 0 Å². The first-order valence-corrected chi connectivity index (χ1v) is 8.45. The molecule has 0 amide bonds. The van der Waals surface area contributed by atoms with E-state index in [0.29, 0.717) is 18.1 Å². The van der Waals surface area contributed by atoms with Gasteiger partial charge in [0.2, 0.25) is 5.95 Å². The first-order valence-electron chi connectivity index (χ1n) is 8.45. The summed E-state index contributed by atoms with van der Waals surface area (Å²) in [6.45, 7) is 0.596. The SMILES string of the molecule is COc1ccccc1CCNc1cnnc(Nc2ccc(C(F)(F)F)cc2)n1. The number of benzene rings is 2. The van der Waals surface area contributed by atoms with Crippen molar-refractivity contribution in [1.29, 1.82) is 0 Å². The maximum absolute atomic E-state index is 12.6. The van der Waals surface area contributed by atoms with E-state index in [2.05, 4.69) is 25.8 Å². The van der Waals surface area contributed by atoms with Gasteiger partial charge in [0.25, 0.3) is 0 Å². The predicted molar refractivity (Wildman–Crippen MR) is 99.7 cm³/mol. The number of alkyl halides is 3. The molecule has 2 N–H and O–H groups in total. The highest BCUT2D eigenvalue weighted by molar-refractivity contribution is 5.54. The van der Waals surface area contributed by atoms with Crippen LogP contribution in [-0.4, -0.2) is 28.8 Å². The standard InChI is InChI=1S/C19H18F3N5O/c1-28-16-5-3-2-4-13(16)10-11-23-17-12-24-27-18(26-17)25-15-8-6-14(7-9-15)19(20,21)22/h2-9,12H,10-11H2,1H3,(H2,23,25,26,27). The smallest absolute Gasteiger partial charge is 0.416 e. The molecule has 28 heavy (non-hydrogen) atoms. The lowest BCUT2D eigenvalue weighted by atomic mass is 10.1. The second-order valence-electron chi connectivity index (χ2n) is 5.85. The van der Waals surface area contributed by atoms with Crippen LogP contribution < -0.4 is 15.4 Å². The molecule has 146 valence electrons. The van der Waals surface area contributed by atoms with Crippen molar-refractivity contribution < 1.29 is 17.9 Å². The summed E-state index contributed by atoms with van der Waals surface area (Å²) in [7, 11) is 1.62. The van der Waals surface area contributed by atoms with Gasteiger partial charge in [-0.05, 0) is 42.3 Å². The van der Waals surface area contributed by atoms with Crippen molar-refractivity contribution in [2.75, 3.05) is 24.3 Å². The number of hydrogen-bond donors (Lipinski definition) is 2. The van der Waals surface area contributed by atoms with Crippen LogP contribution in [0, 0.1) is 0 Å². The zero-order chi connectivity index (χ0) is 20.0. The van der Waals surface area contributed by atoms with Crippen LogP contribution in [0.25, 0.3) is 0 Å². The van der Waals surface area contributed by atoms with E-state index in [-0.39, 0.29) is 5.95 Å². The van der Waals surface area contributed by atoms with Gasteiger partial charge in [-0.2, -0.15) is 23.3 Å². The first-order chi connectivity index (χ1) is 13.5. The highest BCUT2D eigenvalue weighted by atomic mass is 19.4. The Morgan fingerprint density at radius 3 is 2.50 bits per heavy atom. The summed E-state index contributed by atoms with van der Waals surface area (Å²) >= 11 is 0. The zero-order valence-electron chi connectivity index (χ0n) is 15.0. The monoisotopic (exact) mass is 389 g/mol. The van der Waals surface area contributed by atoms with E-state index in [1.54, 1.807) is 7.11 Å². The van der Waals surface area contributed by atoms with Crippen LogP contribution in [0.4, 0.5) is 30.6 Å². The lowest BCUT2D eigenvalue weighted by Crippen LogP contribution is -2.09. The van der Waals surface area contributed by atoms with E-state index in [4.69, 9.17) is 4.74 Å². The summed E-state index contributed by atoms with van der Waals surface area (Å²) in [4.78, 5) is 4.26. The van der Waals surface area contributed by atoms with Crippen molar-refractivity contribution in [3.8, 4) is 5.75 Å². The summed E-state index contributed by atoms with van der Waals surface area (Å²) in [6, 6.07) is 12.3. The number of aromatic nitrogens is 3. The molecule has 0 radical (unpaired) electrons. The van der Waals surface area contributed by atoms with Gasteiger partial charge in [0, 0.05) is 12.2 Å². The van der Waals surface area contributed by atoms with Crippen LogP contribution in [0.5, 0.6) is 5.75 Å². The second-order valence-corrected chi connectivity index (χ2v) is 5.85. The maximum atomic E-state index is 12.6. The van der Waals surface area contributed by atoms with Gasteiger partial charge in [0.15, 0.2) is 5.82 Å². The molecule has 3 aromatic rings. The Labute approximate surface area is 159 Å². The van der Waals surface area contributed by atoms with E-state index in [0.717, 1.165) is 29.9 Å². The van der Waals surface area contributed by atoms with Crippen LogP contribution in [0.15, 0.2) is 54.7 Å². The Balaban J connectivity index is 1.59. The molecule has 0 atom stereocenters. The number of hydrogen-bond acceptors (Lipinski definition) is 6. The molecule has 0 bridgehead atoms. The van der Waals surface area contributed by atoms with E-state index in [1.807, 2.05) is 24.3 Å². The fourth-order valence-electron chi connectivity index (χ4n) is 2.55. The summed E-state index contributed by atoms with van der Waals surface area (Å²) in [5, 5.41) is 13.7. The van der Waals surface area contributed by atoms with Crippen LogP contribution >= 0.6 is 0 Å². The minimum absolute atomic E-state index is 0.182. The van der Waals surface area contributed by atoms with Crippen molar-refractivity contribution in [2.24, 2.45) is 0 Å². The average Bonchev–Trinajstić information content (AvgIpc) is 2.68. The van der Waals surface area contributed by atoms with Gasteiger partial charge in [0.1, 0.15) is 5.75 Å². The lowest BCUT2D eigenvalue weighted by Gasteiger charge is -2.10. The molecule has 1 aromatic heterocycles. The van der Waals surface area contributed by atoms with Crippen LogP contribution in [-0.2, 0) is 12.6 Å². The number of ether oxygens (including phenoxy) is 1. The quantitative estimate of drug-likeness (QED) is 0.628. The molecular weight excluding hydrogens is 371 g/mol. The molecule has 6 nitrogen and oxygen atoms in total. The normalized spacial score (nSPS) is 11.1. The number of nitrogens with one attached hydrogen (secondary N) is 2. The summed E-state index contributed by atoms with van der Waals surface area (Å²) in [6.07, 6.45) is -2.18. The average molecular weight is 389 g/mol. The van der Waals surface area contributed by atoms with Crippen molar-refractivity contribution in [2.45, 2.75) is 12.6 Å². The van der Waals surface area contributed by atoms with Gasteiger partial charge in [-0.15, -0.1) is 5.10 Å². The third-order valence-electron chi connectivity index (χ3n) is 3.92. The van der Waals surface area contributed by atoms with Gasteiger partial charge in [0.05, 0.1) is 18.9 Å². The maximum Gasteiger partial charge on any atom is 0.416 e. The number of nitrogens with zero attached hydrogens (tertiary/aromatic N) is 3. The summed E-state index contributed by atoms with van der Waals surface area (Å²) in [5.74, 6) is 1.50. The molecule has 1 heterocycles. The highest BCUT2D eigenvalue weighted by Gasteiger charge is 2.29. The van der Waals surface area contributed by atoms with Crippen LogP contribution in [0.2, 0.25) is 0 Å². The minimum Gasteiger partial charge on any atom is -0.496 e. The van der Waals surface area contributed by atoms with Crippen molar-refractivity contribution in [3.63, 3.8) is 0 Å². The largest absolute Gasteiger partial charge is 0.496 e. The second kappa shape index (κ2) is 8.55. The van der Waals surface area contributed by atoms with E-state index >= 15 is 0 Å². The molecule has 9 heteroatoms. The molecule has 3 rings (SSSR count). The predicted octanol–water partition coefficient (Wildman–Crippen LogP) is 4.30. The molecule has 0 aliphatic rings. The molecule has 0 aliphatic heterocycles. The molecule has 0 fully saturated rings. The number of methoxy groups -OCH3 is 1. The topological polar surface area (TPSA) is 72.0 Å². The van der Waals surface area contributed by atoms with Crippen molar-refractivity contribution in [1.82, 2.24) is 15.2 Å². The molecule has 2 aromatic carbocycles. The Morgan fingerprint density at radius 1 is 1.04 bits per heavy atom. The van der Waals surface area contributed by atoms with Crippen molar-refractivity contribution >= 4 is 17.5 Å². The Bertz CT molecular complexity index is 916. The van der Waals surface area contributed by atoms with Gasteiger partial charge in [-0.25, -0.2) is 0 Å². The van der Waals surface area contributed by atoms with E-state index in [1.165, 1.54) is 18.3 Å². The fourth-order valence-corrected chi connectivity index (χ4v) is 2.55. The fraction of sp³-hybridized carbons (Fsp3) is 0.211. The molecule has 0 saturated carbocycles. The first kappa shape index (κ1) is 19.4. The molecule has 0 spiro atoms. The van der Waals surface area contributed by atoms with E-state index < -0.39 is 11.7 Å². The molecule has 0 saturated heterocycles. The number of para-hydroxylation sites is 1. The number of anilines is 3. The minimum atomic E-state index is -4.37. The van der Waals surface area contributed by atoms with E-state index in [9.17, 15) is 13.2 Å². The summed E-state index contributed by atoms with van der Waals surface area (Å²) < 4.78 is 43.2. The Kier molecular flexibility index (Phi) is 5.93. The number of halogens is 3. The molecule has 0 aliphatic carbocycles.